The molecule has 198 valence electrons. The van der Waals surface area contributed by atoms with Crippen LogP contribution < -0.4 is 44.6 Å². The van der Waals surface area contributed by atoms with Crippen molar-refractivity contribution in [3.8, 4) is 0 Å². The fourth-order valence-electron chi connectivity index (χ4n) is 2.61. The number of carbonyl (C=O) groups is 6. The number of nitrogens with two attached hydrogens (primary N) is 5. The van der Waals surface area contributed by atoms with Gasteiger partial charge in [-0.3, -0.25) is 29.0 Å². The van der Waals surface area contributed by atoms with Gasteiger partial charge in [-0.05, 0) is 19.8 Å². The third-order valence-corrected chi connectivity index (χ3v) is 4.46. The summed E-state index contributed by atoms with van der Waals surface area (Å²) in [6.45, 7) is 1.31. The molecule has 0 aromatic rings. The van der Waals surface area contributed by atoms with E-state index in [-0.39, 0.29) is 25.3 Å². The second-order valence-corrected chi connectivity index (χ2v) is 7.58. The highest BCUT2D eigenvalue weighted by Gasteiger charge is 2.32. The lowest BCUT2D eigenvalue weighted by Crippen LogP contribution is -2.59. The largest absolute Gasteiger partial charge is 0.480 e. The third kappa shape index (κ3) is 12.7. The maximum absolute atomic E-state index is 12.7. The molecule has 0 radical (unpaired) electrons. The molecule has 0 aliphatic carbocycles. The van der Waals surface area contributed by atoms with E-state index in [1.807, 2.05) is 0 Å². The van der Waals surface area contributed by atoms with E-state index in [0.717, 1.165) is 0 Å². The van der Waals surface area contributed by atoms with Gasteiger partial charge >= 0.3 is 5.97 Å². The summed E-state index contributed by atoms with van der Waals surface area (Å²) in [5.41, 5.74) is 26.1. The Labute approximate surface area is 200 Å². The Morgan fingerprint density at radius 1 is 0.800 bits per heavy atom. The van der Waals surface area contributed by atoms with E-state index in [9.17, 15) is 39.0 Å². The van der Waals surface area contributed by atoms with E-state index in [4.69, 9.17) is 28.7 Å². The SMILES string of the molecule is CC(O)C(N)C(=O)NC(CC(N)=O)C(=O)NC(CC(N)=O)C(=O)NC(CCCN=C(N)N)C(=O)O. The number of carboxylic acid groups (broad SMARTS) is 1. The van der Waals surface area contributed by atoms with Gasteiger partial charge in [-0.2, -0.15) is 0 Å². The lowest BCUT2D eigenvalue weighted by atomic mass is 10.1. The predicted molar refractivity (Wildman–Crippen MR) is 121 cm³/mol. The standard InChI is InChI=1S/C18H33N9O8/c1-7(28)13(21)16(33)27-10(6-12(20)30)15(32)26-9(5-11(19)29)14(31)25-8(17(34)35)3-2-4-24-18(22)23/h7-10,13,28H,2-6,21H2,1H3,(H2,19,29)(H2,20,30)(H,25,31)(H,26,32)(H,27,33)(H,34,35)(H4,22,23,24). The number of nitrogens with zero attached hydrogens (tertiary/aromatic N) is 1. The van der Waals surface area contributed by atoms with E-state index in [1.54, 1.807) is 0 Å². The zero-order chi connectivity index (χ0) is 27.3. The highest BCUT2D eigenvalue weighted by atomic mass is 16.4. The molecule has 0 saturated carbocycles. The monoisotopic (exact) mass is 503 g/mol. The van der Waals surface area contributed by atoms with Crippen molar-refractivity contribution in [1.82, 2.24) is 16.0 Å². The number of amides is 5. The van der Waals surface area contributed by atoms with Gasteiger partial charge in [0.05, 0.1) is 18.9 Å². The summed E-state index contributed by atoms with van der Waals surface area (Å²) in [5, 5.41) is 25.2. The number of hydrogen-bond acceptors (Lipinski definition) is 9. The fraction of sp³-hybridized carbons (Fsp3) is 0.611. The Morgan fingerprint density at radius 3 is 1.60 bits per heavy atom. The minimum atomic E-state index is -1.66. The van der Waals surface area contributed by atoms with Crippen molar-refractivity contribution in [1.29, 1.82) is 0 Å². The molecule has 5 atom stereocenters. The normalized spacial score (nSPS) is 14.8. The van der Waals surface area contributed by atoms with E-state index in [2.05, 4.69) is 20.9 Å². The molecular formula is C18H33N9O8. The van der Waals surface area contributed by atoms with E-state index >= 15 is 0 Å². The molecular weight excluding hydrogens is 470 g/mol. The zero-order valence-electron chi connectivity index (χ0n) is 19.1. The highest BCUT2D eigenvalue weighted by molar-refractivity contribution is 5.97. The van der Waals surface area contributed by atoms with Crippen molar-refractivity contribution in [3.05, 3.63) is 0 Å². The molecule has 5 amide bonds. The molecule has 15 N–H and O–H groups in total. The number of nitrogens with one attached hydrogen (secondary N) is 3. The lowest BCUT2D eigenvalue weighted by Gasteiger charge is -2.24. The third-order valence-electron chi connectivity index (χ3n) is 4.46. The molecule has 0 aliphatic heterocycles. The average Bonchev–Trinajstić information content (AvgIpc) is 2.72. The number of rotatable bonds is 16. The lowest BCUT2D eigenvalue weighted by molar-refractivity contribution is -0.142. The van der Waals surface area contributed by atoms with Crippen molar-refractivity contribution >= 4 is 41.5 Å². The maximum Gasteiger partial charge on any atom is 0.326 e. The Balaban J connectivity index is 5.51. The molecule has 0 rings (SSSR count). The van der Waals surface area contributed by atoms with Gasteiger partial charge in [-0.25, -0.2) is 4.79 Å². The Kier molecular flexibility index (Phi) is 13.3. The van der Waals surface area contributed by atoms with Crippen LogP contribution in [-0.4, -0.2) is 88.5 Å². The first kappa shape index (κ1) is 31.0. The highest BCUT2D eigenvalue weighted by Crippen LogP contribution is 2.03. The first-order valence-electron chi connectivity index (χ1n) is 10.3. The number of carboxylic acids is 1. The van der Waals surface area contributed by atoms with E-state index < -0.39 is 78.6 Å². The summed E-state index contributed by atoms with van der Waals surface area (Å²) in [4.78, 5) is 75.4. The number of aliphatic carboxylic acids is 1. The second-order valence-electron chi connectivity index (χ2n) is 7.58. The van der Waals surface area contributed by atoms with Crippen LogP contribution in [0.5, 0.6) is 0 Å². The molecule has 0 spiro atoms. The summed E-state index contributed by atoms with van der Waals surface area (Å²) < 4.78 is 0. The summed E-state index contributed by atoms with van der Waals surface area (Å²) in [6, 6.07) is -6.15. The van der Waals surface area contributed by atoms with Gasteiger partial charge in [0.25, 0.3) is 0 Å². The smallest absolute Gasteiger partial charge is 0.326 e. The number of hydrogen-bond donors (Lipinski definition) is 10. The Morgan fingerprint density at radius 2 is 1.23 bits per heavy atom. The number of carbonyl (C=O) groups excluding carboxylic acids is 5. The first-order valence-corrected chi connectivity index (χ1v) is 10.3. The molecule has 0 aromatic carbocycles. The van der Waals surface area contributed by atoms with Gasteiger partial charge < -0.3 is 54.8 Å². The number of aliphatic hydroxyl groups excluding tert-OH is 1. The quantitative estimate of drug-likeness (QED) is 0.0536. The van der Waals surface area contributed by atoms with E-state index in [1.165, 1.54) is 6.92 Å². The van der Waals surface area contributed by atoms with Crippen LogP contribution in [0, 0.1) is 0 Å². The minimum absolute atomic E-state index is 0.0898. The predicted octanol–water partition coefficient (Wildman–Crippen LogP) is -5.96. The molecule has 5 unspecified atom stereocenters. The number of aliphatic hydroxyl groups is 1. The van der Waals surface area contributed by atoms with Crippen LogP contribution in [0.25, 0.3) is 0 Å². The second kappa shape index (κ2) is 15.0. The van der Waals surface area contributed by atoms with Gasteiger partial charge in [0.1, 0.15) is 24.2 Å². The average molecular weight is 504 g/mol. The molecule has 0 saturated heterocycles. The summed E-state index contributed by atoms with van der Waals surface area (Å²) in [5.74, 6) is -6.80. The van der Waals surface area contributed by atoms with Crippen LogP contribution in [-0.2, 0) is 28.8 Å². The summed E-state index contributed by atoms with van der Waals surface area (Å²) in [6.07, 6.45) is -2.65. The molecule has 0 fully saturated rings. The van der Waals surface area contributed by atoms with Crippen molar-refractivity contribution in [3.63, 3.8) is 0 Å². The molecule has 0 heterocycles. The van der Waals surface area contributed by atoms with Gasteiger partial charge in [-0.15, -0.1) is 0 Å². The molecule has 35 heavy (non-hydrogen) atoms. The Hall–Kier alpha value is -3.99. The topological polar surface area (TPSA) is 321 Å². The number of guanidine groups is 1. The summed E-state index contributed by atoms with van der Waals surface area (Å²) in [7, 11) is 0. The van der Waals surface area contributed by atoms with E-state index in [0.29, 0.717) is 0 Å². The molecule has 17 nitrogen and oxygen atoms in total. The van der Waals surface area contributed by atoms with Crippen LogP contribution >= 0.6 is 0 Å². The van der Waals surface area contributed by atoms with Gasteiger partial charge in [0.2, 0.25) is 29.5 Å². The van der Waals surface area contributed by atoms with Crippen LogP contribution in [0.1, 0.15) is 32.6 Å². The van der Waals surface area contributed by atoms with Crippen molar-refractivity contribution < 1.29 is 39.0 Å². The molecule has 17 heteroatoms. The summed E-state index contributed by atoms with van der Waals surface area (Å²) >= 11 is 0. The fourth-order valence-corrected chi connectivity index (χ4v) is 2.61. The molecule has 0 aromatic heterocycles. The van der Waals surface area contributed by atoms with Crippen LogP contribution in [0.4, 0.5) is 0 Å². The molecule has 0 aliphatic rings. The number of aliphatic imine (C=N–C) groups is 1. The van der Waals surface area contributed by atoms with Crippen molar-refractivity contribution in [2.75, 3.05) is 6.54 Å². The van der Waals surface area contributed by atoms with Crippen molar-refractivity contribution in [2.24, 2.45) is 33.7 Å². The van der Waals surface area contributed by atoms with Gasteiger partial charge in [0.15, 0.2) is 5.96 Å². The molecule has 0 bridgehead atoms. The number of primary amides is 2. The zero-order valence-corrected chi connectivity index (χ0v) is 19.1. The van der Waals surface area contributed by atoms with Crippen molar-refractivity contribution in [2.45, 2.75) is 62.9 Å². The van der Waals surface area contributed by atoms with Gasteiger partial charge in [0, 0.05) is 6.54 Å². The maximum atomic E-state index is 12.7. The first-order chi connectivity index (χ1) is 16.1. The minimum Gasteiger partial charge on any atom is -0.480 e. The van der Waals surface area contributed by atoms with Crippen LogP contribution in [0.2, 0.25) is 0 Å². The van der Waals surface area contributed by atoms with Crippen LogP contribution in [0.3, 0.4) is 0 Å². The van der Waals surface area contributed by atoms with Crippen LogP contribution in [0.15, 0.2) is 4.99 Å². The Bertz CT molecular complexity index is 829. The van der Waals surface area contributed by atoms with Gasteiger partial charge in [-0.1, -0.05) is 0 Å².